The minimum atomic E-state index is -0.799. The molecular weight excluding hydrogens is 242 g/mol. The van der Waals surface area contributed by atoms with Crippen LogP contribution in [0, 0.1) is 23.7 Å². The molecule has 1 saturated carbocycles. The van der Waals surface area contributed by atoms with Crippen molar-refractivity contribution >= 4 is 11.9 Å². The van der Waals surface area contributed by atoms with Crippen molar-refractivity contribution in [2.45, 2.75) is 46.0 Å². The van der Waals surface area contributed by atoms with Crippen molar-refractivity contribution in [3.8, 4) is 0 Å². The lowest BCUT2D eigenvalue weighted by Gasteiger charge is -2.23. The van der Waals surface area contributed by atoms with E-state index in [1.165, 1.54) is 6.42 Å². The summed E-state index contributed by atoms with van der Waals surface area (Å²) in [4.78, 5) is 25.7. The Labute approximate surface area is 115 Å². The van der Waals surface area contributed by atoms with E-state index < -0.39 is 11.9 Å². The Morgan fingerprint density at radius 2 is 1.95 bits per heavy atom. The molecule has 4 nitrogen and oxygen atoms in total. The summed E-state index contributed by atoms with van der Waals surface area (Å²) in [7, 11) is 0. The van der Waals surface area contributed by atoms with Crippen LogP contribution in [0.4, 0.5) is 0 Å². The average molecular weight is 267 g/mol. The maximum atomic E-state index is 12.5. The maximum Gasteiger partial charge on any atom is 0.307 e. The minimum absolute atomic E-state index is 0.0929. The fraction of sp³-hybridized carbons (Fsp3) is 0.867. The summed E-state index contributed by atoms with van der Waals surface area (Å²) in [5, 5.41) is 9.26. The normalized spacial score (nSPS) is 34.7. The largest absolute Gasteiger partial charge is 0.481 e. The molecule has 0 radical (unpaired) electrons. The lowest BCUT2D eigenvalue weighted by molar-refractivity contribution is -0.148. The molecule has 4 unspecified atom stereocenters. The molecule has 2 fully saturated rings. The zero-order valence-corrected chi connectivity index (χ0v) is 12.0. The van der Waals surface area contributed by atoms with Crippen LogP contribution in [-0.2, 0) is 9.59 Å². The van der Waals surface area contributed by atoms with Crippen LogP contribution in [0.2, 0.25) is 0 Å². The third-order valence-electron chi connectivity index (χ3n) is 4.73. The number of hydrogen-bond acceptors (Lipinski definition) is 2. The second-order valence-electron chi connectivity index (χ2n) is 6.36. The van der Waals surface area contributed by atoms with E-state index in [4.69, 9.17) is 0 Å². The van der Waals surface area contributed by atoms with E-state index in [9.17, 15) is 14.7 Å². The second kappa shape index (κ2) is 5.93. The fourth-order valence-electron chi connectivity index (χ4n) is 3.75. The smallest absolute Gasteiger partial charge is 0.307 e. The summed E-state index contributed by atoms with van der Waals surface area (Å²) in [6.07, 6.45) is 4.81. The van der Waals surface area contributed by atoms with Crippen LogP contribution in [0.15, 0.2) is 0 Å². The molecule has 19 heavy (non-hydrogen) atoms. The van der Waals surface area contributed by atoms with Gasteiger partial charge in [-0.3, -0.25) is 9.59 Å². The molecule has 1 heterocycles. The minimum Gasteiger partial charge on any atom is -0.481 e. The number of carboxylic acid groups (broad SMARTS) is 1. The molecule has 1 N–H and O–H groups in total. The first kappa shape index (κ1) is 14.4. The molecule has 2 aliphatic rings. The lowest BCUT2D eigenvalue weighted by atomic mass is 9.95. The molecule has 0 aromatic heterocycles. The maximum absolute atomic E-state index is 12.5. The molecule has 0 bridgehead atoms. The summed E-state index contributed by atoms with van der Waals surface area (Å²) in [5.41, 5.74) is 0. The number of rotatable bonds is 4. The molecule has 0 aromatic rings. The molecule has 1 saturated heterocycles. The summed E-state index contributed by atoms with van der Waals surface area (Å²) in [6.45, 7) is 5.88. The Kier molecular flexibility index (Phi) is 4.48. The third-order valence-corrected chi connectivity index (χ3v) is 4.73. The van der Waals surface area contributed by atoms with Gasteiger partial charge in [0.15, 0.2) is 0 Å². The van der Waals surface area contributed by atoms with Crippen molar-refractivity contribution in [2.75, 3.05) is 13.1 Å². The van der Waals surface area contributed by atoms with Crippen LogP contribution >= 0.6 is 0 Å². The van der Waals surface area contributed by atoms with Crippen molar-refractivity contribution in [3.63, 3.8) is 0 Å². The highest BCUT2D eigenvalue weighted by Crippen LogP contribution is 2.38. The van der Waals surface area contributed by atoms with Gasteiger partial charge in [0.2, 0.25) is 5.91 Å². The van der Waals surface area contributed by atoms with Crippen LogP contribution < -0.4 is 0 Å². The van der Waals surface area contributed by atoms with Crippen LogP contribution in [0.3, 0.4) is 0 Å². The zero-order valence-electron chi connectivity index (χ0n) is 12.0. The van der Waals surface area contributed by atoms with Crippen LogP contribution in [0.1, 0.15) is 46.0 Å². The van der Waals surface area contributed by atoms with E-state index in [0.717, 1.165) is 32.4 Å². The summed E-state index contributed by atoms with van der Waals surface area (Å²) in [6, 6.07) is 0. The predicted octanol–water partition coefficient (Wildman–Crippen LogP) is 2.38. The highest BCUT2D eigenvalue weighted by Gasteiger charge is 2.43. The summed E-state index contributed by atoms with van der Waals surface area (Å²) >= 11 is 0. The first-order valence-corrected chi connectivity index (χ1v) is 7.54. The van der Waals surface area contributed by atoms with Gasteiger partial charge in [-0.25, -0.2) is 0 Å². The van der Waals surface area contributed by atoms with Crippen molar-refractivity contribution in [2.24, 2.45) is 23.7 Å². The molecule has 4 atom stereocenters. The van der Waals surface area contributed by atoms with E-state index in [2.05, 4.69) is 6.92 Å². The van der Waals surface area contributed by atoms with Gasteiger partial charge in [-0.2, -0.15) is 0 Å². The third kappa shape index (κ3) is 3.10. The quantitative estimate of drug-likeness (QED) is 0.850. The second-order valence-corrected chi connectivity index (χ2v) is 6.36. The predicted molar refractivity (Wildman–Crippen MR) is 72.6 cm³/mol. The van der Waals surface area contributed by atoms with Crippen LogP contribution in [-0.4, -0.2) is 35.0 Å². The molecule has 0 aromatic carbocycles. The van der Waals surface area contributed by atoms with Crippen LogP contribution in [0.25, 0.3) is 0 Å². The fourth-order valence-corrected chi connectivity index (χ4v) is 3.75. The average Bonchev–Trinajstić information content (AvgIpc) is 2.95. The Morgan fingerprint density at radius 3 is 2.58 bits per heavy atom. The van der Waals surface area contributed by atoms with Gasteiger partial charge in [-0.1, -0.05) is 20.3 Å². The van der Waals surface area contributed by atoms with E-state index in [0.29, 0.717) is 18.3 Å². The topological polar surface area (TPSA) is 57.6 Å². The number of aliphatic carboxylic acids is 1. The van der Waals surface area contributed by atoms with Gasteiger partial charge in [0, 0.05) is 13.1 Å². The number of carbonyl (C=O) groups excluding carboxylic acids is 1. The van der Waals surface area contributed by atoms with Gasteiger partial charge in [0.1, 0.15) is 0 Å². The molecule has 1 aliphatic carbocycles. The van der Waals surface area contributed by atoms with E-state index in [1.54, 1.807) is 0 Å². The first-order valence-electron chi connectivity index (χ1n) is 7.54. The number of amides is 1. The SMILES string of the molecule is CCCC1CCN(C(=O)C2CC(C)CC2C(=O)O)C1. The van der Waals surface area contributed by atoms with E-state index in [1.807, 2.05) is 11.8 Å². The monoisotopic (exact) mass is 267 g/mol. The molecular formula is C15H25NO3. The molecule has 0 spiro atoms. The number of likely N-dealkylation sites (tertiary alicyclic amines) is 1. The van der Waals surface area contributed by atoms with Crippen molar-refractivity contribution in [3.05, 3.63) is 0 Å². The van der Waals surface area contributed by atoms with Crippen molar-refractivity contribution in [1.82, 2.24) is 4.90 Å². The summed E-state index contributed by atoms with van der Waals surface area (Å²) < 4.78 is 0. The Morgan fingerprint density at radius 1 is 1.26 bits per heavy atom. The Bertz CT molecular complexity index is 355. The van der Waals surface area contributed by atoms with E-state index >= 15 is 0 Å². The zero-order chi connectivity index (χ0) is 14.0. The van der Waals surface area contributed by atoms with Crippen LogP contribution in [0.5, 0.6) is 0 Å². The molecule has 2 rings (SSSR count). The van der Waals surface area contributed by atoms with Gasteiger partial charge < -0.3 is 10.0 Å². The molecule has 1 amide bonds. The van der Waals surface area contributed by atoms with Crippen molar-refractivity contribution in [1.29, 1.82) is 0 Å². The number of carboxylic acids is 1. The van der Waals surface area contributed by atoms with Crippen molar-refractivity contribution < 1.29 is 14.7 Å². The molecule has 4 heteroatoms. The standard InChI is InChI=1S/C15H25NO3/c1-3-4-11-5-6-16(9-11)14(17)12-7-10(2)8-13(12)15(18)19/h10-13H,3-9H2,1-2H3,(H,18,19). The number of hydrogen-bond donors (Lipinski definition) is 1. The summed E-state index contributed by atoms with van der Waals surface area (Å²) in [5.74, 6) is -0.483. The lowest BCUT2D eigenvalue weighted by Crippen LogP contribution is -2.37. The Balaban J connectivity index is 1.97. The van der Waals surface area contributed by atoms with E-state index in [-0.39, 0.29) is 11.8 Å². The first-order chi connectivity index (χ1) is 9.02. The molecule has 1 aliphatic heterocycles. The number of carbonyl (C=O) groups is 2. The highest BCUT2D eigenvalue weighted by atomic mass is 16.4. The van der Waals surface area contributed by atoms with Gasteiger partial charge >= 0.3 is 5.97 Å². The van der Waals surface area contributed by atoms with Gasteiger partial charge in [0.05, 0.1) is 11.8 Å². The number of nitrogens with zero attached hydrogens (tertiary/aromatic N) is 1. The molecule has 108 valence electrons. The highest BCUT2D eigenvalue weighted by molar-refractivity contribution is 5.85. The van der Waals surface area contributed by atoms with Gasteiger partial charge in [0.25, 0.3) is 0 Å². The Hall–Kier alpha value is -1.06. The van der Waals surface area contributed by atoms with Gasteiger partial charge in [-0.15, -0.1) is 0 Å². The van der Waals surface area contributed by atoms with Gasteiger partial charge in [-0.05, 0) is 37.5 Å².